The van der Waals surface area contributed by atoms with Crippen molar-refractivity contribution in [2.75, 3.05) is 26.2 Å². The van der Waals surface area contributed by atoms with Crippen LogP contribution in [0, 0.1) is 11.8 Å². The number of sulfone groups is 1. The Bertz CT molecular complexity index is 714. The zero-order valence-corrected chi connectivity index (χ0v) is 15.9. The van der Waals surface area contributed by atoms with Crippen molar-refractivity contribution in [3.05, 3.63) is 29.8 Å². The minimum absolute atomic E-state index is 0. The van der Waals surface area contributed by atoms with Gasteiger partial charge in [-0.05, 0) is 55.5 Å². The molecule has 2 heterocycles. The first-order valence-corrected chi connectivity index (χ1v) is 10.0. The number of alkyl halides is 2. The standard InChI is InChI=1S/C17H22F2N2O3S.ClH/c18-17(19)25(23,24)15-3-1-12(2-4-15)9-16(22)21-7-5-13-10-20-11-14(13)6-8-21;/h1-4,13-14,17,20H,5-11H2;1H/t13-,14+;. The molecule has 0 spiro atoms. The highest BCUT2D eigenvalue weighted by atomic mass is 35.5. The van der Waals surface area contributed by atoms with Crippen LogP contribution >= 0.6 is 12.4 Å². The Morgan fingerprint density at radius 1 is 1.12 bits per heavy atom. The molecule has 2 atom stereocenters. The lowest BCUT2D eigenvalue weighted by Crippen LogP contribution is -2.33. The first-order chi connectivity index (χ1) is 11.9. The van der Waals surface area contributed by atoms with Crippen molar-refractivity contribution in [3.8, 4) is 0 Å². The van der Waals surface area contributed by atoms with Crippen LogP contribution in [0.25, 0.3) is 0 Å². The van der Waals surface area contributed by atoms with E-state index in [1.807, 2.05) is 4.90 Å². The monoisotopic (exact) mass is 408 g/mol. The molecule has 1 amide bonds. The maximum absolute atomic E-state index is 12.5. The van der Waals surface area contributed by atoms with Gasteiger partial charge < -0.3 is 10.2 Å². The molecule has 26 heavy (non-hydrogen) atoms. The molecule has 2 fully saturated rings. The van der Waals surface area contributed by atoms with Gasteiger partial charge in [-0.3, -0.25) is 4.79 Å². The predicted molar refractivity (Wildman–Crippen MR) is 96.2 cm³/mol. The van der Waals surface area contributed by atoms with Crippen LogP contribution in [-0.4, -0.2) is 51.2 Å². The number of fused-ring (bicyclic) bond motifs is 1. The van der Waals surface area contributed by atoms with Gasteiger partial charge in [-0.25, -0.2) is 8.42 Å². The van der Waals surface area contributed by atoms with Crippen LogP contribution in [0.3, 0.4) is 0 Å². The van der Waals surface area contributed by atoms with E-state index >= 15 is 0 Å². The summed E-state index contributed by atoms with van der Waals surface area (Å²) in [7, 11) is -4.59. The number of amides is 1. The van der Waals surface area contributed by atoms with Crippen molar-refractivity contribution >= 4 is 28.2 Å². The highest BCUT2D eigenvalue weighted by Gasteiger charge is 2.31. The fourth-order valence-corrected chi connectivity index (χ4v) is 4.37. The van der Waals surface area contributed by atoms with Crippen LogP contribution in [-0.2, 0) is 21.1 Å². The second-order valence-electron chi connectivity index (χ2n) is 6.76. The number of rotatable bonds is 4. The molecule has 2 aliphatic rings. The number of likely N-dealkylation sites (tertiary alicyclic amines) is 1. The van der Waals surface area contributed by atoms with Crippen molar-refractivity contribution in [2.45, 2.75) is 29.9 Å². The van der Waals surface area contributed by atoms with Crippen molar-refractivity contribution in [1.82, 2.24) is 10.2 Å². The van der Waals surface area contributed by atoms with Crippen molar-refractivity contribution in [2.24, 2.45) is 11.8 Å². The van der Waals surface area contributed by atoms with E-state index in [1.54, 1.807) is 0 Å². The zero-order valence-electron chi connectivity index (χ0n) is 14.2. The Morgan fingerprint density at radius 3 is 2.15 bits per heavy atom. The Hall–Kier alpha value is -1.25. The molecule has 1 N–H and O–H groups in total. The third-order valence-electron chi connectivity index (χ3n) is 5.21. The average Bonchev–Trinajstić information content (AvgIpc) is 2.93. The quantitative estimate of drug-likeness (QED) is 0.828. The summed E-state index contributed by atoms with van der Waals surface area (Å²) < 4.78 is 47.9. The Kier molecular flexibility index (Phi) is 6.99. The maximum Gasteiger partial charge on any atom is 0.341 e. The van der Waals surface area contributed by atoms with Crippen molar-refractivity contribution < 1.29 is 22.0 Å². The molecule has 1 aromatic carbocycles. The molecule has 0 aromatic heterocycles. The fraction of sp³-hybridized carbons (Fsp3) is 0.588. The lowest BCUT2D eigenvalue weighted by molar-refractivity contribution is -0.130. The predicted octanol–water partition coefficient (Wildman–Crippen LogP) is 2.11. The van der Waals surface area contributed by atoms with Crippen molar-refractivity contribution in [3.63, 3.8) is 0 Å². The van der Waals surface area contributed by atoms with Crippen molar-refractivity contribution in [1.29, 1.82) is 0 Å². The van der Waals surface area contributed by atoms with Gasteiger partial charge in [0.1, 0.15) is 0 Å². The van der Waals surface area contributed by atoms with Crippen LogP contribution < -0.4 is 5.32 Å². The Balaban J connectivity index is 0.00000243. The van der Waals surface area contributed by atoms with E-state index < -0.39 is 20.5 Å². The largest absolute Gasteiger partial charge is 0.342 e. The van der Waals surface area contributed by atoms with E-state index in [-0.39, 0.29) is 24.7 Å². The lowest BCUT2D eigenvalue weighted by Gasteiger charge is -2.21. The van der Waals surface area contributed by atoms with Gasteiger partial charge in [-0.15, -0.1) is 12.4 Å². The van der Waals surface area contributed by atoms with Crippen LogP contribution in [0.5, 0.6) is 0 Å². The fourth-order valence-electron chi connectivity index (χ4n) is 3.65. The third kappa shape index (κ3) is 4.53. The van der Waals surface area contributed by atoms with Crippen LogP contribution in [0.15, 0.2) is 29.2 Å². The first kappa shape index (κ1) is 21.1. The minimum Gasteiger partial charge on any atom is -0.342 e. The molecule has 0 saturated carbocycles. The van der Waals surface area contributed by atoms with Gasteiger partial charge in [0.25, 0.3) is 0 Å². The molecular formula is C17H23ClF2N2O3S. The van der Waals surface area contributed by atoms with Gasteiger partial charge in [-0.2, -0.15) is 8.78 Å². The molecule has 0 radical (unpaired) electrons. The van der Waals surface area contributed by atoms with E-state index in [2.05, 4.69) is 5.32 Å². The molecule has 3 rings (SSSR count). The molecule has 5 nitrogen and oxygen atoms in total. The Labute approximate surface area is 158 Å². The van der Waals surface area contributed by atoms with Crippen LogP contribution in [0.1, 0.15) is 18.4 Å². The van der Waals surface area contributed by atoms with E-state index in [0.29, 0.717) is 17.4 Å². The second-order valence-corrected chi connectivity index (χ2v) is 8.68. The molecule has 2 aliphatic heterocycles. The van der Waals surface area contributed by atoms with E-state index in [0.717, 1.165) is 51.2 Å². The first-order valence-electron chi connectivity index (χ1n) is 8.47. The van der Waals surface area contributed by atoms with Gasteiger partial charge >= 0.3 is 5.76 Å². The highest BCUT2D eigenvalue weighted by Crippen LogP contribution is 2.27. The summed E-state index contributed by atoms with van der Waals surface area (Å²) in [6, 6.07) is 5.15. The number of carbonyl (C=O) groups excluding carboxylic acids is 1. The van der Waals surface area contributed by atoms with Gasteiger partial charge in [0.05, 0.1) is 11.3 Å². The number of hydrogen-bond acceptors (Lipinski definition) is 4. The molecule has 0 unspecified atom stereocenters. The highest BCUT2D eigenvalue weighted by molar-refractivity contribution is 7.91. The number of carbonyl (C=O) groups is 1. The van der Waals surface area contributed by atoms with E-state index in [4.69, 9.17) is 0 Å². The normalized spacial score (nSPS) is 23.3. The summed E-state index contributed by atoms with van der Waals surface area (Å²) in [6.07, 6.45) is 2.15. The number of nitrogens with one attached hydrogen (secondary N) is 1. The molecule has 2 saturated heterocycles. The number of benzene rings is 1. The third-order valence-corrected chi connectivity index (χ3v) is 6.61. The second kappa shape index (κ2) is 8.63. The van der Waals surface area contributed by atoms with E-state index in [1.165, 1.54) is 12.1 Å². The molecule has 9 heteroatoms. The number of hydrogen-bond donors (Lipinski definition) is 1. The topological polar surface area (TPSA) is 66.5 Å². The smallest absolute Gasteiger partial charge is 0.341 e. The van der Waals surface area contributed by atoms with Gasteiger partial charge in [-0.1, -0.05) is 12.1 Å². The minimum atomic E-state index is -4.59. The molecule has 146 valence electrons. The lowest BCUT2D eigenvalue weighted by atomic mass is 9.92. The molecule has 0 aliphatic carbocycles. The van der Waals surface area contributed by atoms with Gasteiger partial charge in [0.2, 0.25) is 15.7 Å². The van der Waals surface area contributed by atoms with Crippen LogP contribution in [0.4, 0.5) is 8.78 Å². The summed E-state index contributed by atoms with van der Waals surface area (Å²) in [5, 5.41) is 3.40. The van der Waals surface area contributed by atoms with Crippen LogP contribution in [0.2, 0.25) is 0 Å². The van der Waals surface area contributed by atoms with Gasteiger partial charge in [0, 0.05) is 13.1 Å². The molecular weight excluding hydrogens is 386 g/mol. The summed E-state index contributed by atoms with van der Waals surface area (Å²) in [6.45, 7) is 3.51. The summed E-state index contributed by atoms with van der Waals surface area (Å²) >= 11 is 0. The summed E-state index contributed by atoms with van der Waals surface area (Å²) in [5.41, 5.74) is 0.629. The van der Waals surface area contributed by atoms with Gasteiger partial charge in [0.15, 0.2) is 0 Å². The zero-order chi connectivity index (χ0) is 18.0. The summed E-state index contributed by atoms with van der Waals surface area (Å²) in [5.74, 6) is -2.17. The maximum atomic E-state index is 12.5. The number of halogens is 3. The average molecular weight is 409 g/mol. The number of nitrogens with zero attached hydrogens (tertiary/aromatic N) is 1. The Morgan fingerprint density at radius 2 is 1.65 bits per heavy atom. The SMILES string of the molecule is Cl.O=C(Cc1ccc(S(=O)(=O)C(F)F)cc1)N1CC[C@@H]2CNC[C@@H]2CC1. The van der Waals surface area contributed by atoms with E-state index in [9.17, 15) is 22.0 Å². The molecule has 0 bridgehead atoms. The molecule has 1 aromatic rings. The summed E-state index contributed by atoms with van der Waals surface area (Å²) in [4.78, 5) is 13.9.